The largest absolute Gasteiger partial charge is 0.297 e. The highest BCUT2D eigenvalue weighted by molar-refractivity contribution is 6.34. The second-order valence-corrected chi connectivity index (χ2v) is 10.3. The van der Waals surface area contributed by atoms with Crippen LogP contribution in [0.2, 0.25) is 10.0 Å². The molecule has 0 radical (unpaired) electrons. The highest BCUT2D eigenvalue weighted by atomic mass is 35.5. The minimum absolute atomic E-state index is 0.188. The Labute approximate surface area is 228 Å². The van der Waals surface area contributed by atoms with E-state index in [0.29, 0.717) is 10.0 Å². The van der Waals surface area contributed by atoms with E-state index in [4.69, 9.17) is 23.2 Å². The van der Waals surface area contributed by atoms with Gasteiger partial charge in [0, 0.05) is 42.8 Å². The van der Waals surface area contributed by atoms with Gasteiger partial charge in [0.1, 0.15) is 0 Å². The van der Waals surface area contributed by atoms with Crippen molar-refractivity contribution in [1.29, 1.82) is 0 Å². The molecule has 190 valence electrons. The van der Waals surface area contributed by atoms with Crippen LogP contribution in [0.3, 0.4) is 0 Å². The van der Waals surface area contributed by atoms with E-state index in [9.17, 15) is 0 Å². The lowest BCUT2D eigenvalue weighted by atomic mass is 10.0. The first kappa shape index (κ1) is 25.6. The number of nitrogens with zero attached hydrogens (tertiary/aromatic N) is 6. The molecule has 8 heteroatoms. The van der Waals surface area contributed by atoms with E-state index in [0.717, 1.165) is 60.9 Å². The van der Waals surface area contributed by atoms with Gasteiger partial charge < -0.3 is 0 Å². The molecule has 1 atom stereocenters. The maximum atomic E-state index is 6.46. The first-order valence-electron chi connectivity index (χ1n) is 12.5. The molecule has 0 spiro atoms. The molecule has 0 N–H and O–H groups in total. The number of aromatic nitrogens is 4. The maximum Gasteiger partial charge on any atom is 0.178 e. The topological polar surface area (TPSA) is 50.1 Å². The summed E-state index contributed by atoms with van der Waals surface area (Å²) < 4.78 is 1.87. The van der Waals surface area contributed by atoms with Gasteiger partial charge in [-0.15, -0.1) is 5.10 Å². The van der Waals surface area contributed by atoms with Crippen LogP contribution in [0.1, 0.15) is 34.1 Å². The van der Waals surface area contributed by atoms with Gasteiger partial charge >= 0.3 is 0 Å². The average molecular weight is 534 g/mol. The molecule has 37 heavy (non-hydrogen) atoms. The number of hydrogen-bond donors (Lipinski definition) is 0. The van der Waals surface area contributed by atoms with Crippen LogP contribution in [0.25, 0.3) is 11.8 Å². The Hall–Kier alpha value is -3.03. The molecule has 5 rings (SSSR count). The van der Waals surface area contributed by atoms with Crippen LogP contribution in [0.4, 0.5) is 0 Å². The molecule has 1 aliphatic heterocycles. The minimum atomic E-state index is -0.188. The van der Waals surface area contributed by atoms with Crippen molar-refractivity contribution in [2.24, 2.45) is 0 Å². The second kappa shape index (κ2) is 11.6. The van der Waals surface area contributed by atoms with Crippen LogP contribution in [0, 0.1) is 13.8 Å². The first-order chi connectivity index (χ1) is 18.0. The molecular weight excluding hydrogens is 503 g/mol. The molecule has 3 aromatic carbocycles. The molecule has 6 nitrogen and oxygen atoms in total. The zero-order valence-corrected chi connectivity index (χ0v) is 22.6. The number of halogens is 2. The van der Waals surface area contributed by atoms with Crippen molar-refractivity contribution in [3.63, 3.8) is 0 Å². The van der Waals surface area contributed by atoms with Crippen LogP contribution in [-0.4, -0.2) is 62.7 Å². The third-order valence-corrected chi connectivity index (χ3v) is 7.27. The van der Waals surface area contributed by atoms with E-state index in [1.54, 1.807) is 6.07 Å². The third kappa shape index (κ3) is 5.94. The summed E-state index contributed by atoms with van der Waals surface area (Å²) in [5.41, 5.74) is 5.44. The van der Waals surface area contributed by atoms with Gasteiger partial charge in [-0.25, -0.2) is 0 Å². The molecule has 1 fully saturated rings. The lowest BCUT2D eigenvalue weighted by Crippen LogP contribution is -2.48. The molecule has 1 unspecified atom stereocenters. The summed E-state index contributed by atoms with van der Waals surface area (Å²) in [5, 5.41) is 14.3. The van der Waals surface area contributed by atoms with E-state index in [2.05, 4.69) is 93.8 Å². The number of benzene rings is 3. The zero-order chi connectivity index (χ0) is 25.8. The predicted octanol–water partition coefficient (Wildman–Crippen LogP) is 6.01. The number of para-hydroxylation sites is 1. The summed E-state index contributed by atoms with van der Waals surface area (Å²) in [6.07, 6.45) is 4.42. The third-order valence-electron chi connectivity index (χ3n) is 6.84. The van der Waals surface area contributed by atoms with Crippen molar-refractivity contribution in [3.05, 3.63) is 111 Å². The van der Waals surface area contributed by atoms with Gasteiger partial charge in [-0.05, 0) is 64.7 Å². The Kier molecular flexibility index (Phi) is 8.01. The van der Waals surface area contributed by atoms with Crippen LogP contribution >= 0.6 is 23.2 Å². The molecule has 0 bridgehead atoms. The monoisotopic (exact) mass is 532 g/mol. The van der Waals surface area contributed by atoms with Crippen molar-refractivity contribution in [3.8, 4) is 5.69 Å². The first-order valence-corrected chi connectivity index (χ1v) is 13.2. The Balaban J connectivity index is 1.42. The fraction of sp³-hybridized carbons (Fsp3) is 0.276. The Bertz CT molecular complexity index is 1340. The van der Waals surface area contributed by atoms with Gasteiger partial charge in [0.05, 0.1) is 11.7 Å². The fourth-order valence-corrected chi connectivity index (χ4v) is 5.57. The summed E-state index contributed by atoms with van der Waals surface area (Å²) in [7, 11) is 0. The quantitative estimate of drug-likeness (QED) is 0.292. The molecular formula is C29H30Cl2N6. The van der Waals surface area contributed by atoms with Gasteiger partial charge in [-0.1, -0.05) is 83.9 Å². The standard InChI is InChI=1S/C29H30Cl2N6/c1-21-8-6-9-22(2)27(21)37-29(32-33-34-37)28(24-18-25(30)20-26(31)19-24)36-16-14-35(15-17-36)13-7-12-23-10-4-3-5-11-23/h3-12,18-20,28H,13-17H2,1-2H3/b12-7+. The summed E-state index contributed by atoms with van der Waals surface area (Å²) in [4.78, 5) is 4.89. The van der Waals surface area contributed by atoms with Crippen LogP contribution in [0.5, 0.6) is 0 Å². The van der Waals surface area contributed by atoms with Crippen LogP contribution in [0.15, 0.2) is 72.8 Å². The van der Waals surface area contributed by atoms with Gasteiger partial charge in [0.15, 0.2) is 5.82 Å². The molecule has 0 amide bonds. The number of hydrogen-bond acceptors (Lipinski definition) is 5. The Morgan fingerprint density at radius 3 is 2.22 bits per heavy atom. The van der Waals surface area contributed by atoms with E-state index in [1.807, 2.05) is 22.9 Å². The summed E-state index contributed by atoms with van der Waals surface area (Å²) in [5.74, 6) is 0.758. The molecule has 0 aliphatic carbocycles. The number of tetrazole rings is 1. The van der Waals surface area contributed by atoms with E-state index >= 15 is 0 Å². The molecule has 4 aromatic rings. The average Bonchev–Trinajstić information content (AvgIpc) is 3.34. The van der Waals surface area contributed by atoms with E-state index in [-0.39, 0.29) is 6.04 Å². The summed E-state index contributed by atoms with van der Waals surface area (Å²) in [6, 6.07) is 22.1. The summed E-state index contributed by atoms with van der Waals surface area (Å²) in [6.45, 7) is 8.70. The predicted molar refractivity (Wildman–Crippen MR) is 150 cm³/mol. The van der Waals surface area contributed by atoms with Crippen molar-refractivity contribution >= 4 is 29.3 Å². The molecule has 0 saturated carbocycles. The lowest BCUT2D eigenvalue weighted by molar-refractivity contribution is 0.113. The maximum absolute atomic E-state index is 6.46. The van der Waals surface area contributed by atoms with E-state index < -0.39 is 0 Å². The van der Waals surface area contributed by atoms with E-state index in [1.165, 1.54) is 5.56 Å². The summed E-state index contributed by atoms with van der Waals surface area (Å²) >= 11 is 12.9. The fourth-order valence-electron chi connectivity index (χ4n) is 5.03. The number of aryl methyl sites for hydroxylation is 2. The van der Waals surface area contributed by atoms with Crippen molar-refractivity contribution in [2.75, 3.05) is 32.7 Å². The lowest BCUT2D eigenvalue weighted by Gasteiger charge is -2.38. The smallest absolute Gasteiger partial charge is 0.178 e. The van der Waals surface area contributed by atoms with Crippen LogP contribution in [-0.2, 0) is 0 Å². The van der Waals surface area contributed by atoms with Gasteiger partial charge in [0.2, 0.25) is 0 Å². The van der Waals surface area contributed by atoms with Crippen molar-refractivity contribution in [1.82, 2.24) is 30.0 Å². The van der Waals surface area contributed by atoms with Crippen molar-refractivity contribution < 1.29 is 0 Å². The minimum Gasteiger partial charge on any atom is -0.297 e. The van der Waals surface area contributed by atoms with Gasteiger partial charge in [-0.3, -0.25) is 9.80 Å². The molecule has 1 aliphatic rings. The molecule has 1 aromatic heterocycles. The Morgan fingerprint density at radius 1 is 0.865 bits per heavy atom. The normalized spacial score (nSPS) is 15.9. The van der Waals surface area contributed by atoms with Crippen molar-refractivity contribution in [2.45, 2.75) is 19.9 Å². The number of rotatable bonds is 7. The highest BCUT2D eigenvalue weighted by Gasteiger charge is 2.32. The second-order valence-electron chi connectivity index (χ2n) is 9.44. The van der Waals surface area contributed by atoms with Crippen LogP contribution < -0.4 is 0 Å². The zero-order valence-electron chi connectivity index (χ0n) is 21.1. The Morgan fingerprint density at radius 2 is 1.54 bits per heavy atom. The van der Waals surface area contributed by atoms with Gasteiger partial charge in [-0.2, -0.15) is 4.68 Å². The molecule has 2 heterocycles. The SMILES string of the molecule is Cc1cccc(C)c1-n1nnnc1C(c1cc(Cl)cc(Cl)c1)N1CCN(C/C=C/c2ccccc2)CC1. The highest BCUT2D eigenvalue weighted by Crippen LogP contribution is 2.33. The molecule has 1 saturated heterocycles. The van der Waals surface area contributed by atoms with Gasteiger partial charge in [0.25, 0.3) is 0 Å². The number of piperazine rings is 1.